The third kappa shape index (κ3) is 4.52. The molecule has 0 radical (unpaired) electrons. The van der Waals surface area contributed by atoms with Crippen LogP contribution in [0.4, 0.5) is 5.69 Å². The highest BCUT2D eigenvalue weighted by atomic mass is 16.5. The number of Topliss-reactive ketones (excluding diaryl/α,β-unsaturated/α-hetero) is 1. The van der Waals surface area contributed by atoms with Crippen LogP contribution >= 0.6 is 0 Å². The predicted octanol–water partition coefficient (Wildman–Crippen LogP) is 1.99. The molecule has 0 aromatic heterocycles. The van der Waals surface area contributed by atoms with Gasteiger partial charge in [-0.15, -0.1) is 0 Å². The van der Waals surface area contributed by atoms with Gasteiger partial charge in [-0.3, -0.25) is 4.79 Å². The number of esters is 1. The van der Waals surface area contributed by atoms with Gasteiger partial charge in [0.2, 0.25) is 0 Å². The maximum Gasteiger partial charge on any atom is 0.328 e. The molecule has 2 rings (SSSR count). The van der Waals surface area contributed by atoms with E-state index in [-0.39, 0.29) is 46.6 Å². The molecular formula is C19H22N2O5. The second-order valence-corrected chi connectivity index (χ2v) is 6.32. The fourth-order valence-electron chi connectivity index (χ4n) is 2.34. The molecule has 6 N–H and O–H groups in total. The number of nitrogen functional groups attached to an aromatic ring is 1. The van der Waals surface area contributed by atoms with Gasteiger partial charge >= 0.3 is 5.97 Å². The van der Waals surface area contributed by atoms with Crippen molar-refractivity contribution < 1.29 is 24.5 Å². The highest BCUT2D eigenvalue weighted by Crippen LogP contribution is 2.32. The molecule has 2 aromatic carbocycles. The second kappa shape index (κ2) is 7.88. The minimum atomic E-state index is -0.960. The third-order valence-corrected chi connectivity index (χ3v) is 3.82. The monoisotopic (exact) mass is 358 g/mol. The average Bonchev–Trinajstić information content (AvgIpc) is 2.59. The molecule has 0 amide bonds. The Balaban J connectivity index is 2.11. The number of rotatable bonds is 6. The molecular weight excluding hydrogens is 336 g/mol. The van der Waals surface area contributed by atoms with E-state index >= 15 is 0 Å². The van der Waals surface area contributed by atoms with Gasteiger partial charge < -0.3 is 26.4 Å². The number of carbonyl (C=O) groups is 2. The Bertz CT molecular complexity index is 815. The lowest BCUT2D eigenvalue weighted by molar-refractivity contribution is -0.135. The van der Waals surface area contributed by atoms with Gasteiger partial charge in [-0.1, -0.05) is 26.0 Å². The van der Waals surface area contributed by atoms with E-state index in [0.717, 1.165) is 11.6 Å². The zero-order valence-electron chi connectivity index (χ0n) is 14.6. The summed E-state index contributed by atoms with van der Waals surface area (Å²) in [5.74, 6) is -1.57. The number of nitrogens with two attached hydrogens (primary N) is 2. The first-order valence-electron chi connectivity index (χ1n) is 8.11. The fraction of sp³-hybridized carbons (Fsp3) is 0.263. The van der Waals surface area contributed by atoms with Crippen LogP contribution in [0.2, 0.25) is 0 Å². The van der Waals surface area contributed by atoms with Crippen molar-refractivity contribution in [2.45, 2.75) is 26.3 Å². The van der Waals surface area contributed by atoms with Gasteiger partial charge in [0.15, 0.2) is 11.5 Å². The molecule has 138 valence electrons. The number of phenolic OH excluding ortho intramolecular Hbond substituents is 2. The van der Waals surface area contributed by atoms with Gasteiger partial charge in [-0.25, -0.2) is 4.79 Å². The summed E-state index contributed by atoms with van der Waals surface area (Å²) in [5, 5.41) is 19.3. The fourth-order valence-corrected chi connectivity index (χ4v) is 2.34. The van der Waals surface area contributed by atoms with Crippen LogP contribution in [0.3, 0.4) is 0 Å². The molecule has 26 heavy (non-hydrogen) atoms. The van der Waals surface area contributed by atoms with Crippen molar-refractivity contribution in [3.63, 3.8) is 0 Å². The maximum absolute atomic E-state index is 12.2. The van der Waals surface area contributed by atoms with Crippen molar-refractivity contribution in [2.75, 3.05) is 5.73 Å². The molecule has 1 atom stereocenters. The van der Waals surface area contributed by atoms with Gasteiger partial charge in [0.05, 0.1) is 11.3 Å². The zero-order chi connectivity index (χ0) is 19.4. The molecule has 0 spiro atoms. The average molecular weight is 358 g/mol. The predicted molar refractivity (Wildman–Crippen MR) is 97.1 cm³/mol. The third-order valence-electron chi connectivity index (χ3n) is 3.82. The standard InChI is InChI=1S/C19H22N2O5/c1-10(2)18(24)13-8-14(20)17(9-16(13)23)26-19(25)15(21)7-11-3-5-12(22)6-4-11/h3-6,8-10,15,22-23H,7,20-21H2,1-2H3/t15-/m0/s1. The second-order valence-electron chi connectivity index (χ2n) is 6.32. The Kier molecular flexibility index (Phi) is 5.84. The molecule has 0 saturated carbocycles. The molecule has 0 aliphatic carbocycles. The van der Waals surface area contributed by atoms with E-state index in [9.17, 15) is 19.8 Å². The Morgan fingerprint density at radius 3 is 2.31 bits per heavy atom. The van der Waals surface area contributed by atoms with Crippen molar-refractivity contribution >= 4 is 17.4 Å². The van der Waals surface area contributed by atoms with E-state index in [1.807, 2.05) is 0 Å². The zero-order valence-corrected chi connectivity index (χ0v) is 14.6. The van der Waals surface area contributed by atoms with E-state index in [1.165, 1.54) is 18.2 Å². The molecule has 0 fully saturated rings. The van der Waals surface area contributed by atoms with Crippen molar-refractivity contribution in [1.82, 2.24) is 0 Å². The Morgan fingerprint density at radius 1 is 1.12 bits per heavy atom. The number of benzene rings is 2. The number of carbonyl (C=O) groups excluding carboxylic acids is 2. The summed E-state index contributed by atoms with van der Waals surface area (Å²) in [4.78, 5) is 24.2. The van der Waals surface area contributed by atoms with Crippen molar-refractivity contribution in [2.24, 2.45) is 11.7 Å². The lowest BCUT2D eigenvalue weighted by Crippen LogP contribution is -2.36. The number of hydrogen-bond donors (Lipinski definition) is 4. The molecule has 0 bridgehead atoms. The first kappa shape index (κ1) is 19.3. The van der Waals surface area contributed by atoms with Crippen LogP contribution in [0.5, 0.6) is 17.2 Å². The van der Waals surface area contributed by atoms with Gasteiger partial charge in [-0.2, -0.15) is 0 Å². The molecule has 0 heterocycles. The summed E-state index contributed by atoms with van der Waals surface area (Å²) in [6.07, 6.45) is 0.203. The van der Waals surface area contributed by atoms with E-state index < -0.39 is 12.0 Å². The van der Waals surface area contributed by atoms with Crippen LogP contribution in [0, 0.1) is 5.92 Å². The number of ether oxygens (including phenoxy) is 1. The van der Waals surface area contributed by atoms with Crippen LogP contribution in [0.15, 0.2) is 36.4 Å². The first-order valence-corrected chi connectivity index (χ1v) is 8.11. The summed E-state index contributed by atoms with van der Waals surface area (Å²) in [5.41, 5.74) is 12.6. The first-order chi connectivity index (χ1) is 12.2. The van der Waals surface area contributed by atoms with Crippen LogP contribution in [0.25, 0.3) is 0 Å². The minimum Gasteiger partial charge on any atom is -0.508 e. The number of anilines is 1. The highest BCUT2D eigenvalue weighted by Gasteiger charge is 2.21. The number of hydrogen-bond acceptors (Lipinski definition) is 7. The summed E-state index contributed by atoms with van der Waals surface area (Å²) in [6.45, 7) is 3.41. The molecule has 7 heteroatoms. The minimum absolute atomic E-state index is 0.0528. The van der Waals surface area contributed by atoms with Crippen LogP contribution in [-0.2, 0) is 11.2 Å². The van der Waals surface area contributed by atoms with Crippen molar-refractivity contribution in [3.8, 4) is 17.2 Å². The summed E-state index contributed by atoms with van der Waals surface area (Å²) in [6, 6.07) is 7.74. The number of ketones is 1. The van der Waals surface area contributed by atoms with E-state index in [2.05, 4.69) is 0 Å². The molecule has 0 unspecified atom stereocenters. The van der Waals surface area contributed by atoms with E-state index in [0.29, 0.717) is 0 Å². The van der Waals surface area contributed by atoms with Gasteiger partial charge in [0.25, 0.3) is 0 Å². The van der Waals surface area contributed by atoms with E-state index in [4.69, 9.17) is 16.2 Å². The summed E-state index contributed by atoms with van der Waals surface area (Å²) < 4.78 is 5.17. The van der Waals surface area contributed by atoms with Crippen LogP contribution < -0.4 is 16.2 Å². The van der Waals surface area contributed by atoms with Gasteiger partial charge in [0, 0.05) is 12.0 Å². The smallest absolute Gasteiger partial charge is 0.328 e. The highest BCUT2D eigenvalue weighted by molar-refractivity contribution is 6.01. The molecule has 2 aromatic rings. The lowest BCUT2D eigenvalue weighted by Gasteiger charge is -2.14. The molecule has 7 nitrogen and oxygen atoms in total. The van der Waals surface area contributed by atoms with Crippen LogP contribution in [-0.4, -0.2) is 28.0 Å². The van der Waals surface area contributed by atoms with Crippen molar-refractivity contribution in [1.29, 1.82) is 0 Å². The largest absolute Gasteiger partial charge is 0.508 e. The molecule has 0 aliphatic rings. The molecule has 0 aliphatic heterocycles. The topological polar surface area (TPSA) is 136 Å². The lowest BCUT2D eigenvalue weighted by atomic mass is 9.99. The Labute approximate surface area is 151 Å². The summed E-state index contributed by atoms with van der Waals surface area (Å²) >= 11 is 0. The Hall–Kier alpha value is -3.06. The quantitative estimate of drug-likeness (QED) is 0.204. The number of phenols is 2. The van der Waals surface area contributed by atoms with Crippen LogP contribution in [0.1, 0.15) is 29.8 Å². The SMILES string of the molecule is CC(C)C(=O)c1cc(N)c(OC(=O)[C@@H](N)Cc2ccc(O)cc2)cc1O. The maximum atomic E-state index is 12.2. The van der Waals surface area contributed by atoms with E-state index in [1.54, 1.807) is 26.0 Å². The normalized spacial score (nSPS) is 12.0. The van der Waals surface area contributed by atoms with Crippen molar-refractivity contribution in [3.05, 3.63) is 47.5 Å². The molecule has 0 saturated heterocycles. The Morgan fingerprint density at radius 2 is 1.73 bits per heavy atom. The number of aromatic hydroxyl groups is 2. The summed E-state index contributed by atoms with van der Waals surface area (Å²) in [7, 11) is 0. The van der Waals surface area contributed by atoms with Gasteiger partial charge in [0.1, 0.15) is 17.5 Å². The van der Waals surface area contributed by atoms with Gasteiger partial charge in [-0.05, 0) is 30.2 Å².